The van der Waals surface area contributed by atoms with E-state index >= 15 is 0 Å². The van der Waals surface area contributed by atoms with Crippen LogP contribution >= 0.6 is 0 Å². The lowest BCUT2D eigenvalue weighted by Gasteiger charge is -2.05. The van der Waals surface area contributed by atoms with Gasteiger partial charge in [0, 0.05) is 6.21 Å². The number of hydrazone groups is 1. The Kier molecular flexibility index (Phi) is 7.32. The van der Waals surface area contributed by atoms with Crippen LogP contribution < -0.4 is 11.2 Å². The zero-order valence-corrected chi connectivity index (χ0v) is 9.79. The van der Waals surface area contributed by atoms with Crippen molar-refractivity contribution in [1.82, 2.24) is 5.43 Å². The molecule has 0 aromatic heterocycles. The van der Waals surface area contributed by atoms with Crippen molar-refractivity contribution in [2.45, 2.75) is 40.0 Å². The highest BCUT2D eigenvalue weighted by atomic mass is 16.2. The van der Waals surface area contributed by atoms with Crippen molar-refractivity contribution < 1.29 is 4.79 Å². The van der Waals surface area contributed by atoms with E-state index < -0.39 is 6.03 Å². The van der Waals surface area contributed by atoms with Crippen molar-refractivity contribution >= 4 is 12.2 Å². The van der Waals surface area contributed by atoms with Gasteiger partial charge < -0.3 is 5.73 Å². The Balaban J connectivity index is 3.57. The lowest BCUT2D eigenvalue weighted by molar-refractivity contribution is 0.249. The molecule has 0 fully saturated rings. The molecule has 0 aromatic carbocycles. The van der Waals surface area contributed by atoms with E-state index in [0.717, 1.165) is 19.3 Å². The van der Waals surface area contributed by atoms with Gasteiger partial charge in [0.15, 0.2) is 0 Å². The van der Waals surface area contributed by atoms with Crippen LogP contribution in [-0.4, -0.2) is 12.2 Å². The average Bonchev–Trinajstić information content (AvgIpc) is 2.11. The number of amides is 2. The Labute approximate surface area is 91.6 Å². The first-order valence-electron chi connectivity index (χ1n) is 5.22. The highest BCUT2D eigenvalue weighted by Crippen LogP contribution is 2.10. The predicted molar refractivity (Wildman–Crippen MR) is 63.7 cm³/mol. The average molecular weight is 211 g/mol. The van der Waals surface area contributed by atoms with E-state index in [-0.39, 0.29) is 0 Å². The second-order valence-electron chi connectivity index (χ2n) is 3.99. The van der Waals surface area contributed by atoms with E-state index in [1.807, 2.05) is 0 Å². The molecule has 15 heavy (non-hydrogen) atoms. The van der Waals surface area contributed by atoms with Crippen LogP contribution in [0.3, 0.4) is 0 Å². The molecule has 1 atom stereocenters. The number of nitrogens with zero attached hydrogens (tertiary/aromatic N) is 1. The maximum absolute atomic E-state index is 10.3. The summed E-state index contributed by atoms with van der Waals surface area (Å²) in [6.45, 7) is 6.36. The summed E-state index contributed by atoms with van der Waals surface area (Å²) < 4.78 is 0. The van der Waals surface area contributed by atoms with Crippen molar-refractivity contribution in [3.8, 4) is 0 Å². The van der Waals surface area contributed by atoms with E-state index in [1.54, 1.807) is 6.21 Å². The standard InChI is InChI=1S/C11H21N3O/c1-9(2)5-4-6-10(3)7-8-13-14-11(12)15/h5,8,10H,4,6-7H2,1-3H3,(H3,12,14,15)/b13-8-/t10-/m1/s1. The number of rotatable bonds is 6. The minimum absolute atomic E-state index is 0.569. The van der Waals surface area contributed by atoms with Gasteiger partial charge in [0.05, 0.1) is 0 Å². The third-order valence-electron chi connectivity index (χ3n) is 1.99. The van der Waals surface area contributed by atoms with Crippen molar-refractivity contribution in [3.63, 3.8) is 0 Å². The van der Waals surface area contributed by atoms with Crippen LogP contribution in [-0.2, 0) is 0 Å². The molecule has 4 nitrogen and oxygen atoms in total. The molecule has 0 aliphatic carbocycles. The topological polar surface area (TPSA) is 67.5 Å². The van der Waals surface area contributed by atoms with Crippen molar-refractivity contribution in [2.75, 3.05) is 0 Å². The largest absolute Gasteiger partial charge is 0.350 e. The molecule has 0 heterocycles. The van der Waals surface area contributed by atoms with Crippen LogP contribution in [0.1, 0.15) is 40.0 Å². The molecule has 0 radical (unpaired) electrons. The molecule has 0 rings (SSSR count). The quantitative estimate of drug-likeness (QED) is 0.395. The molecule has 0 aliphatic rings. The smallest absolute Gasteiger partial charge is 0.332 e. The van der Waals surface area contributed by atoms with Gasteiger partial charge in [-0.15, -0.1) is 0 Å². The van der Waals surface area contributed by atoms with Crippen LogP contribution in [0, 0.1) is 5.92 Å². The third kappa shape index (κ3) is 10.6. The Morgan fingerprint density at radius 1 is 1.53 bits per heavy atom. The maximum Gasteiger partial charge on any atom is 0.332 e. The van der Waals surface area contributed by atoms with Crippen molar-refractivity contribution in [2.24, 2.45) is 16.8 Å². The van der Waals surface area contributed by atoms with Gasteiger partial charge in [-0.1, -0.05) is 18.6 Å². The molecule has 0 spiro atoms. The van der Waals surface area contributed by atoms with Gasteiger partial charge in [-0.2, -0.15) is 5.10 Å². The monoisotopic (exact) mass is 211 g/mol. The number of nitrogens with one attached hydrogen (secondary N) is 1. The summed E-state index contributed by atoms with van der Waals surface area (Å²) in [5.74, 6) is 0.569. The fraction of sp³-hybridized carbons (Fsp3) is 0.636. The number of nitrogens with two attached hydrogens (primary N) is 1. The molecule has 2 amide bonds. The minimum Gasteiger partial charge on any atom is -0.350 e. The van der Waals surface area contributed by atoms with Crippen molar-refractivity contribution in [1.29, 1.82) is 0 Å². The molecule has 0 saturated heterocycles. The fourth-order valence-corrected chi connectivity index (χ4v) is 1.12. The van der Waals surface area contributed by atoms with Gasteiger partial charge in [0.25, 0.3) is 0 Å². The first kappa shape index (κ1) is 13.7. The van der Waals surface area contributed by atoms with Crippen LogP contribution in [0.15, 0.2) is 16.8 Å². The van der Waals surface area contributed by atoms with E-state index in [1.165, 1.54) is 5.57 Å². The summed E-state index contributed by atoms with van der Waals surface area (Å²) in [7, 11) is 0. The second kappa shape index (κ2) is 8.03. The number of primary amides is 1. The lowest BCUT2D eigenvalue weighted by Crippen LogP contribution is -2.24. The second-order valence-corrected chi connectivity index (χ2v) is 3.99. The molecule has 4 heteroatoms. The summed E-state index contributed by atoms with van der Waals surface area (Å²) in [5, 5.41) is 3.69. The van der Waals surface area contributed by atoms with Crippen LogP contribution in [0.2, 0.25) is 0 Å². The highest BCUT2D eigenvalue weighted by molar-refractivity contribution is 5.72. The summed E-state index contributed by atoms with van der Waals surface area (Å²) in [5.41, 5.74) is 8.38. The van der Waals surface area contributed by atoms with E-state index in [9.17, 15) is 4.79 Å². The number of hydrogen-bond donors (Lipinski definition) is 2. The summed E-state index contributed by atoms with van der Waals surface area (Å²) in [4.78, 5) is 10.3. The maximum atomic E-state index is 10.3. The fourth-order valence-electron chi connectivity index (χ4n) is 1.12. The molecule has 0 aromatic rings. The zero-order chi connectivity index (χ0) is 11.7. The van der Waals surface area contributed by atoms with Crippen LogP contribution in [0.4, 0.5) is 4.79 Å². The Hall–Kier alpha value is -1.32. The van der Waals surface area contributed by atoms with Crippen molar-refractivity contribution in [3.05, 3.63) is 11.6 Å². The van der Waals surface area contributed by atoms with Gasteiger partial charge >= 0.3 is 6.03 Å². The first-order valence-corrected chi connectivity index (χ1v) is 5.22. The van der Waals surface area contributed by atoms with Gasteiger partial charge in [-0.05, 0) is 39.0 Å². The normalized spacial score (nSPS) is 12.5. The molecule has 0 unspecified atom stereocenters. The van der Waals surface area contributed by atoms with Gasteiger partial charge in [-0.25, -0.2) is 10.2 Å². The molecule has 0 aliphatic heterocycles. The number of carbonyl (C=O) groups is 1. The summed E-state index contributed by atoms with van der Waals surface area (Å²) in [6.07, 6.45) is 7.01. The Bertz CT molecular complexity index is 242. The molecule has 86 valence electrons. The van der Waals surface area contributed by atoms with Gasteiger partial charge in [0.1, 0.15) is 0 Å². The van der Waals surface area contributed by atoms with Gasteiger partial charge in [-0.3, -0.25) is 0 Å². The molecule has 0 bridgehead atoms. The van der Waals surface area contributed by atoms with Crippen LogP contribution in [0.25, 0.3) is 0 Å². The van der Waals surface area contributed by atoms with E-state index in [2.05, 4.69) is 37.4 Å². The van der Waals surface area contributed by atoms with Gasteiger partial charge in [0.2, 0.25) is 0 Å². The zero-order valence-electron chi connectivity index (χ0n) is 9.79. The third-order valence-corrected chi connectivity index (χ3v) is 1.99. The molecule has 0 saturated carbocycles. The first-order chi connectivity index (χ1) is 7.02. The summed E-state index contributed by atoms with van der Waals surface area (Å²) in [6, 6.07) is -0.622. The number of hydrogen-bond acceptors (Lipinski definition) is 2. The SMILES string of the molecule is CC(C)=CCC[C@@H](C)C/C=N\NC(N)=O. The Morgan fingerprint density at radius 2 is 2.20 bits per heavy atom. The minimum atomic E-state index is -0.622. The summed E-state index contributed by atoms with van der Waals surface area (Å²) >= 11 is 0. The Morgan fingerprint density at radius 3 is 2.73 bits per heavy atom. The lowest BCUT2D eigenvalue weighted by atomic mass is 10.0. The van der Waals surface area contributed by atoms with E-state index in [4.69, 9.17) is 5.73 Å². The molecular formula is C11H21N3O. The predicted octanol–water partition coefficient (Wildman–Crippen LogP) is 2.41. The number of allylic oxidation sites excluding steroid dienone is 2. The molecule has 3 N–H and O–H groups in total. The molecular weight excluding hydrogens is 190 g/mol. The van der Waals surface area contributed by atoms with E-state index in [0.29, 0.717) is 5.92 Å². The van der Waals surface area contributed by atoms with Crippen LogP contribution in [0.5, 0.6) is 0 Å². The number of carbonyl (C=O) groups excluding carboxylic acids is 1. The highest BCUT2D eigenvalue weighted by Gasteiger charge is 1.98. The number of urea groups is 1.